The topological polar surface area (TPSA) is 63.3 Å². The Morgan fingerprint density at radius 1 is 1.48 bits per heavy atom. The highest BCUT2D eigenvalue weighted by Gasteiger charge is 2.15. The number of aromatic nitrogens is 2. The molecule has 2 amide bonds. The van der Waals surface area contributed by atoms with E-state index in [1.54, 1.807) is 11.2 Å². The van der Waals surface area contributed by atoms with E-state index >= 15 is 0 Å². The van der Waals surface area contributed by atoms with E-state index in [4.69, 9.17) is 4.42 Å². The Labute approximate surface area is 137 Å². The van der Waals surface area contributed by atoms with E-state index in [2.05, 4.69) is 23.4 Å². The Morgan fingerprint density at radius 2 is 2.26 bits per heavy atom. The quantitative estimate of drug-likeness (QED) is 0.853. The second-order valence-electron chi connectivity index (χ2n) is 5.99. The summed E-state index contributed by atoms with van der Waals surface area (Å²) in [6.07, 6.45) is 1.62. The van der Waals surface area contributed by atoms with E-state index in [-0.39, 0.29) is 6.03 Å². The summed E-state index contributed by atoms with van der Waals surface area (Å²) in [7, 11) is 0. The predicted octanol–water partition coefficient (Wildman–Crippen LogP) is 2.96. The van der Waals surface area contributed by atoms with Crippen LogP contribution >= 0.6 is 0 Å². The van der Waals surface area contributed by atoms with Crippen LogP contribution in [0.15, 0.2) is 28.9 Å². The van der Waals surface area contributed by atoms with Crippen LogP contribution in [0, 0.1) is 19.8 Å². The first-order valence-electron chi connectivity index (χ1n) is 8.05. The number of carbonyl (C=O) groups excluding carboxylic acids is 1. The van der Waals surface area contributed by atoms with Gasteiger partial charge in [0, 0.05) is 25.3 Å². The highest BCUT2D eigenvalue weighted by Crippen LogP contribution is 2.07. The first-order chi connectivity index (χ1) is 11.0. The zero-order valence-electron chi connectivity index (χ0n) is 14.4. The molecule has 0 radical (unpaired) electrons. The highest BCUT2D eigenvalue weighted by molar-refractivity contribution is 5.74. The van der Waals surface area contributed by atoms with Crippen molar-refractivity contribution in [3.63, 3.8) is 0 Å². The number of nitrogens with one attached hydrogen (secondary N) is 1. The lowest BCUT2D eigenvalue weighted by atomic mass is 10.2. The predicted molar refractivity (Wildman–Crippen MR) is 89.1 cm³/mol. The molecule has 0 aliphatic heterocycles. The van der Waals surface area contributed by atoms with E-state index < -0.39 is 0 Å². The molecule has 0 spiro atoms. The lowest BCUT2D eigenvalue weighted by molar-refractivity contribution is 0.191. The van der Waals surface area contributed by atoms with Crippen molar-refractivity contribution in [1.82, 2.24) is 20.0 Å². The molecule has 1 atom stereocenters. The molecular weight excluding hydrogens is 292 g/mol. The number of nitrogens with zero attached hydrogens (tertiary/aromatic N) is 3. The number of hydrogen-bond donors (Lipinski definition) is 1. The average molecular weight is 318 g/mol. The molecule has 2 heterocycles. The van der Waals surface area contributed by atoms with Gasteiger partial charge in [-0.1, -0.05) is 6.92 Å². The molecule has 0 aromatic carbocycles. The standard InChI is InChI=1S/C17H26N4O2/c1-5-20(12-16-7-6-8-23-16)17(22)18-10-13(2)11-21-15(4)9-14(3)19-21/h6-9,13H,5,10-12H2,1-4H3,(H,18,22)/t13-/m0/s1. The van der Waals surface area contributed by atoms with E-state index in [9.17, 15) is 4.79 Å². The second kappa shape index (κ2) is 7.85. The Morgan fingerprint density at radius 3 is 2.83 bits per heavy atom. The van der Waals surface area contributed by atoms with Gasteiger partial charge in [-0.15, -0.1) is 0 Å². The monoisotopic (exact) mass is 318 g/mol. The van der Waals surface area contributed by atoms with Crippen molar-refractivity contribution in [3.05, 3.63) is 41.6 Å². The van der Waals surface area contributed by atoms with Gasteiger partial charge in [-0.25, -0.2) is 4.79 Å². The summed E-state index contributed by atoms with van der Waals surface area (Å²) in [6, 6.07) is 5.70. The Hall–Kier alpha value is -2.24. The maximum Gasteiger partial charge on any atom is 0.317 e. The van der Waals surface area contributed by atoms with Crippen LogP contribution in [0.4, 0.5) is 4.79 Å². The molecule has 6 heteroatoms. The summed E-state index contributed by atoms with van der Waals surface area (Å²) in [6.45, 7) is 10.6. The first-order valence-corrected chi connectivity index (χ1v) is 8.05. The number of aryl methyl sites for hydroxylation is 2. The minimum atomic E-state index is -0.0656. The largest absolute Gasteiger partial charge is 0.467 e. The van der Waals surface area contributed by atoms with E-state index in [0.29, 0.717) is 25.6 Å². The summed E-state index contributed by atoms with van der Waals surface area (Å²) in [5.41, 5.74) is 2.17. The Kier molecular flexibility index (Phi) is 5.84. The molecule has 2 aromatic heterocycles. The van der Waals surface area contributed by atoms with Crippen LogP contribution in [0.5, 0.6) is 0 Å². The van der Waals surface area contributed by atoms with Gasteiger partial charge in [0.15, 0.2) is 0 Å². The number of amides is 2. The van der Waals surface area contributed by atoms with Crippen molar-refractivity contribution < 1.29 is 9.21 Å². The van der Waals surface area contributed by atoms with Gasteiger partial charge < -0.3 is 14.6 Å². The zero-order valence-corrected chi connectivity index (χ0v) is 14.4. The van der Waals surface area contributed by atoms with Crippen LogP contribution in [0.2, 0.25) is 0 Å². The van der Waals surface area contributed by atoms with E-state index in [0.717, 1.165) is 23.7 Å². The maximum atomic E-state index is 12.3. The number of hydrogen-bond acceptors (Lipinski definition) is 3. The molecule has 2 rings (SSSR count). The molecule has 0 fully saturated rings. The average Bonchev–Trinajstić information content (AvgIpc) is 3.12. The molecule has 0 unspecified atom stereocenters. The van der Waals surface area contributed by atoms with Gasteiger partial charge in [0.05, 0.1) is 18.5 Å². The second-order valence-corrected chi connectivity index (χ2v) is 5.99. The molecular formula is C17H26N4O2. The van der Waals surface area contributed by atoms with Gasteiger partial charge in [0.2, 0.25) is 0 Å². The van der Waals surface area contributed by atoms with Crippen LogP contribution in [-0.2, 0) is 13.1 Å². The Bertz CT molecular complexity index is 619. The summed E-state index contributed by atoms with van der Waals surface area (Å²) in [5, 5.41) is 7.46. The van der Waals surface area contributed by atoms with E-state index in [1.165, 1.54) is 0 Å². The molecule has 0 saturated carbocycles. The molecule has 126 valence electrons. The maximum absolute atomic E-state index is 12.3. The van der Waals surface area contributed by atoms with Crippen LogP contribution < -0.4 is 5.32 Å². The Balaban J connectivity index is 1.81. The normalized spacial score (nSPS) is 12.2. The van der Waals surface area contributed by atoms with Gasteiger partial charge in [0.25, 0.3) is 0 Å². The number of urea groups is 1. The first kappa shape index (κ1) is 17.1. The molecule has 1 N–H and O–H groups in total. The number of rotatable bonds is 7. The summed E-state index contributed by atoms with van der Waals surface area (Å²) in [5.74, 6) is 1.09. The third kappa shape index (κ3) is 4.87. The van der Waals surface area contributed by atoms with Crippen molar-refractivity contribution in [2.24, 2.45) is 5.92 Å². The number of carbonyl (C=O) groups is 1. The van der Waals surface area contributed by atoms with Crippen LogP contribution in [-0.4, -0.2) is 33.8 Å². The highest BCUT2D eigenvalue weighted by atomic mass is 16.3. The van der Waals surface area contributed by atoms with Crippen LogP contribution in [0.25, 0.3) is 0 Å². The van der Waals surface area contributed by atoms with Crippen molar-refractivity contribution in [2.45, 2.75) is 40.8 Å². The van der Waals surface area contributed by atoms with Gasteiger partial charge in [0.1, 0.15) is 5.76 Å². The third-order valence-corrected chi connectivity index (χ3v) is 3.79. The zero-order chi connectivity index (χ0) is 16.8. The van der Waals surface area contributed by atoms with Gasteiger partial charge in [-0.05, 0) is 44.9 Å². The molecule has 2 aromatic rings. The van der Waals surface area contributed by atoms with Crippen molar-refractivity contribution in [2.75, 3.05) is 13.1 Å². The smallest absolute Gasteiger partial charge is 0.317 e. The van der Waals surface area contributed by atoms with Gasteiger partial charge in [-0.3, -0.25) is 4.68 Å². The SMILES string of the molecule is CCN(Cc1ccco1)C(=O)NC[C@H](C)Cn1nc(C)cc1C. The van der Waals surface area contributed by atoms with Gasteiger partial charge in [-0.2, -0.15) is 5.10 Å². The molecule has 0 bridgehead atoms. The van der Waals surface area contributed by atoms with Crippen molar-refractivity contribution >= 4 is 6.03 Å². The summed E-state index contributed by atoms with van der Waals surface area (Å²) in [4.78, 5) is 14.0. The minimum absolute atomic E-state index is 0.0656. The molecule has 0 aliphatic carbocycles. The minimum Gasteiger partial charge on any atom is -0.467 e. The summed E-state index contributed by atoms with van der Waals surface area (Å²) >= 11 is 0. The number of furan rings is 1. The molecule has 0 saturated heterocycles. The van der Waals surface area contributed by atoms with Crippen molar-refractivity contribution in [1.29, 1.82) is 0 Å². The fourth-order valence-corrected chi connectivity index (χ4v) is 2.51. The summed E-state index contributed by atoms with van der Waals surface area (Å²) < 4.78 is 7.30. The van der Waals surface area contributed by atoms with Crippen molar-refractivity contribution in [3.8, 4) is 0 Å². The fourth-order valence-electron chi connectivity index (χ4n) is 2.51. The van der Waals surface area contributed by atoms with Gasteiger partial charge >= 0.3 is 6.03 Å². The fraction of sp³-hybridized carbons (Fsp3) is 0.529. The lowest BCUT2D eigenvalue weighted by Gasteiger charge is -2.22. The molecule has 0 aliphatic rings. The van der Waals surface area contributed by atoms with Crippen LogP contribution in [0.3, 0.4) is 0 Å². The van der Waals surface area contributed by atoms with E-state index in [1.807, 2.05) is 37.6 Å². The molecule has 6 nitrogen and oxygen atoms in total. The lowest BCUT2D eigenvalue weighted by Crippen LogP contribution is -2.41. The molecule has 23 heavy (non-hydrogen) atoms. The third-order valence-electron chi connectivity index (χ3n) is 3.79. The van der Waals surface area contributed by atoms with Crippen LogP contribution in [0.1, 0.15) is 31.0 Å².